The summed E-state index contributed by atoms with van der Waals surface area (Å²) in [6.07, 6.45) is 11.1. The number of carbonyl (C=O) groups is 2. The zero-order valence-corrected chi connectivity index (χ0v) is 16.5. The molecule has 5 aliphatic carbocycles. The summed E-state index contributed by atoms with van der Waals surface area (Å²) in [5.41, 5.74) is 2.76. The number of carbonyl (C=O) groups excluding carboxylic acids is 2. The molecule has 7 rings (SSSR count). The van der Waals surface area contributed by atoms with E-state index in [9.17, 15) is 9.59 Å². The van der Waals surface area contributed by atoms with Crippen LogP contribution in [0.5, 0.6) is 0 Å². The lowest BCUT2D eigenvalue weighted by Gasteiger charge is -2.57. The molecule has 0 unspecified atom stereocenters. The summed E-state index contributed by atoms with van der Waals surface area (Å²) >= 11 is 0. The van der Waals surface area contributed by atoms with Crippen molar-refractivity contribution in [3.05, 3.63) is 29.8 Å². The van der Waals surface area contributed by atoms with E-state index < -0.39 is 0 Å². The van der Waals surface area contributed by atoms with Gasteiger partial charge in [0.2, 0.25) is 11.8 Å². The van der Waals surface area contributed by atoms with E-state index in [1.165, 1.54) is 44.1 Å². The van der Waals surface area contributed by atoms with Crippen molar-refractivity contribution >= 4 is 17.5 Å². The Hall–Kier alpha value is -1.84. The molecule has 2 amide bonds. The number of hydrogen-bond acceptors (Lipinski definition) is 2. The highest BCUT2D eigenvalue weighted by Gasteiger charge is 2.51. The molecule has 0 spiro atoms. The molecule has 28 heavy (non-hydrogen) atoms. The maximum absolute atomic E-state index is 12.7. The predicted molar refractivity (Wildman–Crippen MR) is 108 cm³/mol. The van der Waals surface area contributed by atoms with Gasteiger partial charge >= 0.3 is 0 Å². The predicted octanol–water partition coefficient (Wildman–Crippen LogP) is 4.10. The number of likely N-dealkylation sites (tertiary alicyclic amines) is 1. The first kappa shape index (κ1) is 17.1. The van der Waals surface area contributed by atoms with Gasteiger partial charge in [0.25, 0.3) is 0 Å². The molecule has 0 aromatic heterocycles. The molecule has 6 aliphatic rings. The summed E-state index contributed by atoms with van der Waals surface area (Å²) in [7, 11) is 0. The van der Waals surface area contributed by atoms with Crippen LogP contribution in [-0.2, 0) is 15.0 Å². The van der Waals surface area contributed by atoms with Crippen LogP contribution in [0.15, 0.2) is 24.3 Å². The van der Waals surface area contributed by atoms with E-state index in [1.807, 2.05) is 4.90 Å². The molecule has 5 saturated carbocycles. The first-order valence-corrected chi connectivity index (χ1v) is 11.3. The van der Waals surface area contributed by atoms with E-state index in [0.29, 0.717) is 24.4 Å². The number of nitrogens with zero attached hydrogens (tertiary/aromatic N) is 1. The summed E-state index contributed by atoms with van der Waals surface area (Å²) in [6, 6.07) is 9.10. The van der Waals surface area contributed by atoms with E-state index in [4.69, 9.17) is 0 Å². The molecule has 4 heteroatoms. The second-order valence-corrected chi connectivity index (χ2v) is 10.4. The van der Waals surface area contributed by atoms with Gasteiger partial charge in [0, 0.05) is 24.7 Å². The Labute approximate surface area is 167 Å². The molecule has 1 saturated heterocycles. The van der Waals surface area contributed by atoms with Gasteiger partial charge in [0.15, 0.2) is 0 Å². The molecule has 1 aliphatic heterocycles. The van der Waals surface area contributed by atoms with Crippen LogP contribution in [-0.4, -0.2) is 29.3 Å². The monoisotopic (exact) mass is 378 g/mol. The summed E-state index contributed by atoms with van der Waals surface area (Å²) in [4.78, 5) is 26.7. The van der Waals surface area contributed by atoms with E-state index in [0.717, 1.165) is 36.3 Å². The lowest BCUT2D eigenvalue weighted by Crippen LogP contribution is -2.48. The van der Waals surface area contributed by atoms with E-state index >= 15 is 0 Å². The Balaban J connectivity index is 1.14. The minimum Gasteiger partial charge on any atom is -0.339 e. The fourth-order valence-electron chi connectivity index (χ4n) is 7.26. The van der Waals surface area contributed by atoms with Gasteiger partial charge in [-0.25, -0.2) is 0 Å². The smallest absolute Gasteiger partial charge is 0.229 e. The summed E-state index contributed by atoms with van der Waals surface area (Å²) < 4.78 is 0. The molecule has 6 fully saturated rings. The van der Waals surface area contributed by atoms with E-state index in [1.54, 1.807) is 0 Å². The van der Waals surface area contributed by atoms with Crippen LogP contribution < -0.4 is 5.32 Å². The third kappa shape index (κ3) is 2.79. The Morgan fingerprint density at radius 1 is 0.964 bits per heavy atom. The SMILES string of the molecule is O=C(Nc1ccc(C23CC4CC(CC(C4)C2)C3)cc1)[C@H]1CC(=O)N(C2CC2)C1. The standard InChI is InChI=1S/C24H30N2O2/c27-22-10-18(14-26(22)21-5-6-21)23(28)25-20-3-1-19(2-4-20)24-11-15-7-16(12-24)9-17(8-15)13-24/h1-4,15-18,21H,5-14H2,(H,25,28)/t15?,16?,17?,18-,24?/m0/s1. The highest BCUT2D eigenvalue weighted by Crippen LogP contribution is 2.60. The maximum atomic E-state index is 12.7. The third-order valence-electron chi connectivity index (χ3n) is 8.32. The van der Waals surface area contributed by atoms with Crippen molar-refractivity contribution < 1.29 is 9.59 Å². The Bertz CT molecular complexity index is 775. The Morgan fingerprint density at radius 3 is 2.14 bits per heavy atom. The average molecular weight is 379 g/mol. The van der Waals surface area contributed by atoms with Gasteiger partial charge in [-0.15, -0.1) is 0 Å². The molecule has 1 atom stereocenters. The second-order valence-electron chi connectivity index (χ2n) is 10.4. The van der Waals surface area contributed by atoms with E-state index in [2.05, 4.69) is 29.6 Å². The third-order valence-corrected chi connectivity index (χ3v) is 8.32. The van der Waals surface area contributed by atoms with Gasteiger partial charge in [-0.05, 0) is 92.2 Å². The van der Waals surface area contributed by atoms with Crippen LogP contribution in [0.25, 0.3) is 0 Å². The van der Waals surface area contributed by atoms with Crippen LogP contribution in [0, 0.1) is 23.7 Å². The van der Waals surface area contributed by atoms with Crippen LogP contribution in [0.2, 0.25) is 0 Å². The average Bonchev–Trinajstić information content (AvgIpc) is 3.43. The number of rotatable bonds is 4. The minimum absolute atomic E-state index is 0.000875. The first-order chi connectivity index (χ1) is 13.6. The first-order valence-electron chi connectivity index (χ1n) is 11.3. The second kappa shape index (κ2) is 6.08. The van der Waals surface area contributed by atoms with Crippen LogP contribution in [0.1, 0.15) is 63.4 Å². The maximum Gasteiger partial charge on any atom is 0.229 e. The van der Waals surface area contributed by atoms with Crippen LogP contribution >= 0.6 is 0 Å². The molecule has 1 N–H and O–H groups in total. The molecule has 4 nitrogen and oxygen atoms in total. The summed E-state index contributed by atoms with van der Waals surface area (Å²) in [5, 5.41) is 3.07. The van der Waals surface area contributed by atoms with Crippen molar-refractivity contribution in [1.29, 1.82) is 0 Å². The van der Waals surface area contributed by atoms with Gasteiger partial charge in [-0.2, -0.15) is 0 Å². The molecular weight excluding hydrogens is 348 g/mol. The lowest BCUT2D eigenvalue weighted by molar-refractivity contribution is -0.128. The van der Waals surface area contributed by atoms with Gasteiger partial charge in [-0.3, -0.25) is 9.59 Å². The highest BCUT2D eigenvalue weighted by molar-refractivity contribution is 5.97. The Morgan fingerprint density at radius 2 is 1.57 bits per heavy atom. The molecule has 1 aromatic carbocycles. The minimum atomic E-state index is -0.198. The number of benzene rings is 1. The van der Waals surface area contributed by atoms with Crippen molar-refractivity contribution in [3.63, 3.8) is 0 Å². The van der Waals surface area contributed by atoms with Crippen molar-refractivity contribution in [2.24, 2.45) is 23.7 Å². The van der Waals surface area contributed by atoms with Crippen LogP contribution in [0.4, 0.5) is 5.69 Å². The van der Waals surface area contributed by atoms with Crippen molar-refractivity contribution in [3.8, 4) is 0 Å². The molecule has 0 radical (unpaired) electrons. The number of nitrogens with one attached hydrogen (secondary N) is 1. The number of amides is 2. The zero-order chi connectivity index (χ0) is 18.9. The van der Waals surface area contributed by atoms with Gasteiger partial charge < -0.3 is 10.2 Å². The van der Waals surface area contributed by atoms with Crippen molar-refractivity contribution in [2.75, 3.05) is 11.9 Å². The fourth-order valence-corrected chi connectivity index (χ4v) is 7.26. The van der Waals surface area contributed by atoms with Crippen molar-refractivity contribution in [2.45, 2.75) is 69.2 Å². The quantitative estimate of drug-likeness (QED) is 0.857. The fraction of sp³-hybridized carbons (Fsp3) is 0.667. The van der Waals surface area contributed by atoms with E-state index in [-0.39, 0.29) is 17.7 Å². The van der Waals surface area contributed by atoms with Gasteiger partial charge in [0.1, 0.15) is 0 Å². The number of anilines is 1. The zero-order valence-electron chi connectivity index (χ0n) is 16.5. The van der Waals surface area contributed by atoms with Crippen molar-refractivity contribution in [1.82, 2.24) is 4.90 Å². The molecule has 1 heterocycles. The largest absolute Gasteiger partial charge is 0.339 e. The topological polar surface area (TPSA) is 49.4 Å². The highest BCUT2D eigenvalue weighted by atomic mass is 16.2. The normalized spacial score (nSPS) is 38.9. The summed E-state index contributed by atoms with van der Waals surface area (Å²) in [5.74, 6) is 2.79. The molecule has 148 valence electrons. The van der Waals surface area contributed by atoms with Crippen LogP contribution in [0.3, 0.4) is 0 Å². The molecular formula is C24H30N2O2. The molecule has 4 bridgehead atoms. The Kier molecular flexibility index (Phi) is 3.70. The lowest BCUT2D eigenvalue weighted by atomic mass is 9.48. The molecule has 1 aromatic rings. The van der Waals surface area contributed by atoms with Gasteiger partial charge in [-0.1, -0.05) is 12.1 Å². The summed E-state index contributed by atoms with van der Waals surface area (Å²) in [6.45, 7) is 0.598. The van der Waals surface area contributed by atoms with Gasteiger partial charge in [0.05, 0.1) is 5.92 Å². The number of hydrogen-bond donors (Lipinski definition) is 1.